The van der Waals surface area contributed by atoms with Crippen molar-refractivity contribution in [2.24, 2.45) is 5.92 Å². The van der Waals surface area contributed by atoms with Crippen LogP contribution < -0.4 is 0 Å². The van der Waals surface area contributed by atoms with E-state index in [0.29, 0.717) is 18.1 Å². The average molecular weight is 309 g/mol. The van der Waals surface area contributed by atoms with Gasteiger partial charge in [-0.15, -0.1) is 11.3 Å². The normalized spacial score (nSPS) is 19.1. The fourth-order valence-electron chi connectivity index (χ4n) is 2.51. The predicted molar refractivity (Wildman–Crippen MR) is 81.5 cm³/mol. The molecule has 1 fully saturated rings. The monoisotopic (exact) mass is 309 g/mol. The zero-order chi connectivity index (χ0) is 15.2. The molecule has 1 amide bonds. The van der Waals surface area contributed by atoms with Gasteiger partial charge in [-0.3, -0.25) is 4.79 Å². The van der Waals surface area contributed by atoms with Crippen LogP contribution in [-0.4, -0.2) is 48.7 Å². The molecule has 2 rings (SSSR count). The van der Waals surface area contributed by atoms with E-state index in [2.05, 4.69) is 0 Å². The first kappa shape index (κ1) is 15.7. The molecule has 0 aliphatic carbocycles. The minimum Gasteiger partial charge on any atom is -0.478 e. The van der Waals surface area contributed by atoms with Crippen LogP contribution in [0, 0.1) is 5.92 Å². The van der Waals surface area contributed by atoms with Crippen LogP contribution in [0.25, 0.3) is 6.08 Å². The van der Waals surface area contributed by atoms with Gasteiger partial charge in [0.05, 0.1) is 12.2 Å². The Balaban J connectivity index is 2.01. The molecule has 1 atom stereocenters. The summed E-state index contributed by atoms with van der Waals surface area (Å²) in [5.74, 6) is -0.575. The number of aliphatic carboxylic acids is 1. The van der Waals surface area contributed by atoms with E-state index in [1.165, 1.54) is 17.4 Å². The molecule has 0 saturated carbocycles. The molecule has 1 aromatic heterocycles. The maximum Gasteiger partial charge on any atom is 0.328 e. The molecule has 0 bridgehead atoms. The van der Waals surface area contributed by atoms with Gasteiger partial charge < -0.3 is 14.7 Å². The molecule has 21 heavy (non-hydrogen) atoms. The second-order valence-corrected chi connectivity index (χ2v) is 6.07. The number of piperidine rings is 1. The SMILES string of the molecule is COCC1CCCN(C(=O)c2csc(/C=C/C(=O)O)c2)C1. The minimum absolute atomic E-state index is 0.0158. The number of likely N-dealkylation sites (tertiary alicyclic amines) is 1. The first-order chi connectivity index (χ1) is 10.1. The van der Waals surface area contributed by atoms with Gasteiger partial charge in [-0.2, -0.15) is 0 Å². The molecule has 1 unspecified atom stereocenters. The quantitative estimate of drug-likeness (QED) is 0.848. The summed E-state index contributed by atoms with van der Waals surface area (Å²) in [6.07, 6.45) is 4.67. The average Bonchev–Trinajstić information content (AvgIpc) is 2.94. The summed E-state index contributed by atoms with van der Waals surface area (Å²) < 4.78 is 5.17. The lowest BCUT2D eigenvalue weighted by Gasteiger charge is -2.32. The van der Waals surface area contributed by atoms with Crippen LogP contribution in [0.15, 0.2) is 17.5 Å². The number of ether oxygens (including phenoxy) is 1. The van der Waals surface area contributed by atoms with Gasteiger partial charge in [0.15, 0.2) is 0 Å². The highest BCUT2D eigenvalue weighted by Gasteiger charge is 2.24. The number of thiophene rings is 1. The summed E-state index contributed by atoms with van der Waals surface area (Å²) in [4.78, 5) is 25.6. The number of hydrogen-bond donors (Lipinski definition) is 1. The highest BCUT2D eigenvalue weighted by molar-refractivity contribution is 7.11. The Labute approximate surface area is 127 Å². The molecular weight excluding hydrogens is 290 g/mol. The summed E-state index contributed by atoms with van der Waals surface area (Å²) >= 11 is 1.37. The number of carboxylic acid groups (broad SMARTS) is 1. The van der Waals surface area contributed by atoms with E-state index in [1.54, 1.807) is 18.6 Å². The maximum absolute atomic E-state index is 12.5. The molecule has 1 aliphatic rings. The lowest BCUT2D eigenvalue weighted by Crippen LogP contribution is -2.41. The van der Waals surface area contributed by atoms with Crippen LogP contribution in [-0.2, 0) is 9.53 Å². The zero-order valence-corrected chi connectivity index (χ0v) is 12.8. The minimum atomic E-state index is -0.991. The van der Waals surface area contributed by atoms with Crippen LogP contribution in [0.3, 0.4) is 0 Å². The molecule has 0 spiro atoms. The van der Waals surface area contributed by atoms with Crippen molar-refractivity contribution in [2.45, 2.75) is 12.8 Å². The van der Waals surface area contributed by atoms with Crippen molar-refractivity contribution in [1.29, 1.82) is 0 Å². The largest absolute Gasteiger partial charge is 0.478 e. The Hall–Kier alpha value is -1.66. The summed E-state index contributed by atoms with van der Waals surface area (Å²) in [5.41, 5.74) is 0.628. The summed E-state index contributed by atoms with van der Waals surface area (Å²) in [5, 5.41) is 10.4. The fourth-order valence-corrected chi connectivity index (χ4v) is 3.28. The van der Waals surface area contributed by atoms with Gasteiger partial charge in [-0.25, -0.2) is 4.79 Å². The van der Waals surface area contributed by atoms with Crippen LogP contribution in [0.5, 0.6) is 0 Å². The molecule has 114 valence electrons. The van der Waals surface area contributed by atoms with E-state index in [1.807, 2.05) is 4.90 Å². The van der Waals surface area contributed by atoms with Gasteiger partial charge in [0.25, 0.3) is 5.91 Å². The zero-order valence-electron chi connectivity index (χ0n) is 11.9. The van der Waals surface area contributed by atoms with E-state index in [0.717, 1.165) is 36.9 Å². The van der Waals surface area contributed by atoms with Crippen molar-refractivity contribution in [3.05, 3.63) is 28.0 Å². The van der Waals surface area contributed by atoms with Gasteiger partial charge in [-0.05, 0) is 30.9 Å². The van der Waals surface area contributed by atoms with E-state index < -0.39 is 5.97 Å². The van der Waals surface area contributed by atoms with Crippen molar-refractivity contribution in [3.8, 4) is 0 Å². The predicted octanol–water partition coefficient (Wildman–Crippen LogP) is 2.34. The number of amides is 1. The van der Waals surface area contributed by atoms with Gasteiger partial charge >= 0.3 is 5.97 Å². The number of nitrogens with zero attached hydrogens (tertiary/aromatic N) is 1. The van der Waals surface area contributed by atoms with Gasteiger partial charge in [-0.1, -0.05) is 0 Å². The summed E-state index contributed by atoms with van der Waals surface area (Å²) in [7, 11) is 1.68. The second-order valence-electron chi connectivity index (χ2n) is 5.12. The highest BCUT2D eigenvalue weighted by atomic mass is 32.1. The van der Waals surface area contributed by atoms with E-state index in [4.69, 9.17) is 9.84 Å². The summed E-state index contributed by atoms with van der Waals surface area (Å²) in [6.45, 7) is 2.18. The molecular formula is C15H19NO4S. The number of rotatable bonds is 5. The smallest absolute Gasteiger partial charge is 0.328 e. The lowest BCUT2D eigenvalue weighted by atomic mass is 9.98. The molecule has 5 nitrogen and oxygen atoms in total. The standard InChI is InChI=1S/C15H19NO4S/c1-20-9-11-3-2-6-16(8-11)15(19)12-7-13(21-10-12)4-5-14(17)18/h4-5,7,10-11H,2-3,6,8-9H2,1H3,(H,17,18)/b5-4+. The first-order valence-electron chi connectivity index (χ1n) is 6.88. The Morgan fingerprint density at radius 3 is 3.10 bits per heavy atom. The molecule has 1 aliphatic heterocycles. The van der Waals surface area contributed by atoms with Crippen molar-refractivity contribution in [2.75, 3.05) is 26.8 Å². The summed E-state index contributed by atoms with van der Waals surface area (Å²) in [6, 6.07) is 1.74. The maximum atomic E-state index is 12.5. The third-order valence-corrected chi connectivity index (χ3v) is 4.36. The van der Waals surface area contributed by atoms with Gasteiger partial charge in [0, 0.05) is 36.5 Å². The van der Waals surface area contributed by atoms with E-state index in [9.17, 15) is 9.59 Å². The van der Waals surface area contributed by atoms with Crippen molar-refractivity contribution < 1.29 is 19.4 Å². The van der Waals surface area contributed by atoms with Crippen LogP contribution in [0.2, 0.25) is 0 Å². The van der Waals surface area contributed by atoms with Crippen LogP contribution >= 0.6 is 11.3 Å². The Morgan fingerprint density at radius 1 is 1.57 bits per heavy atom. The van der Waals surface area contributed by atoms with Crippen LogP contribution in [0.4, 0.5) is 0 Å². The molecule has 1 saturated heterocycles. The third-order valence-electron chi connectivity index (χ3n) is 3.47. The van der Waals surface area contributed by atoms with E-state index in [-0.39, 0.29) is 5.91 Å². The van der Waals surface area contributed by atoms with Crippen molar-refractivity contribution in [1.82, 2.24) is 4.90 Å². The number of hydrogen-bond acceptors (Lipinski definition) is 4. The Morgan fingerprint density at radius 2 is 2.38 bits per heavy atom. The third kappa shape index (κ3) is 4.41. The topological polar surface area (TPSA) is 66.8 Å². The molecule has 1 N–H and O–H groups in total. The molecule has 6 heteroatoms. The molecule has 0 aromatic carbocycles. The van der Waals surface area contributed by atoms with Gasteiger partial charge in [0.1, 0.15) is 0 Å². The molecule has 0 radical (unpaired) electrons. The number of carbonyl (C=O) groups is 2. The van der Waals surface area contributed by atoms with Crippen molar-refractivity contribution >= 4 is 29.3 Å². The highest BCUT2D eigenvalue weighted by Crippen LogP contribution is 2.22. The number of carbonyl (C=O) groups excluding carboxylic acids is 1. The van der Waals surface area contributed by atoms with Crippen LogP contribution in [0.1, 0.15) is 28.1 Å². The van der Waals surface area contributed by atoms with E-state index >= 15 is 0 Å². The second kappa shape index (κ2) is 7.38. The number of methoxy groups -OCH3 is 1. The molecule has 2 heterocycles. The lowest BCUT2D eigenvalue weighted by molar-refractivity contribution is -0.131. The molecule has 1 aromatic rings. The number of carboxylic acids is 1. The fraction of sp³-hybridized carbons (Fsp3) is 0.467. The first-order valence-corrected chi connectivity index (χ1v) is 7.76. The van der Waals surface area contributed by atoms with Crippen molar-refractivity contribution in [3.63, 3.8) is 0 Å². The Kier molecular flexibility index (Phi) is 5.52. The Bertz CT molecular complexity index is 536. The van der Waals surface area contributed by atoms with Gasteiger partial charge in [0.2, 0.25) is 0 Å².